The molecule has 0 saturated heterocycles. The third-order valence-corrected chi connectivity index (χ3v) is 4.50. The summed E-state index contributed by atoms with van der Waals surface area (Å²) >= 11 is 0. The monoisotopic (exact) mass is 317 g/mol. The van der Waals surface area contributed by atoms with Crippen molar-refractivity contribution < 1.29 is 19.0 Å². The SMILES string of the molecule is CCOC(=O)C(C#N)C1CC(C)(C)c2cc(OC)c(OC)cc21. The molecule has 2 atom stereocenters. The van der Waals surface area contributed by atoms with Crippen LogP contribution in [0.25, 0.3) is 0 Å². The van der Waals surface area contributed by atoms with Gasteiger partial charge in [-0.15, -0.1) is 0 Å². The first kappa shape index (κ1) is 17.1. The fourth-order valence-electron chi connectivity index (χ4n) is 3.39. The molecule has 124 valence electrons. The molecule has 0 amide bonds. The van der Waals surface area contributed by atoms with Crippen LogP contribution in [0.5, 0.6) is 11.5 Å². The maximum absolute atomic E-state index is 12.2. The number of carbonyl (C=O) groups excluding carboxylic acids is 1. The van der Waals surface area contributed by atoms with Crippen LogP contribution in [0.2, 0.25) is 0 Å². The van der Waals surface area contributed by atoms with Gasteiger partial charge in [-0.2, -0.15) is 5.26 Å². The molecule has 1 aliphatic carbocycles. The molecule has 1 aromatic rings. The van der Waals surface area contributed by atoms with Gasteiger partial charge in [0.2, 0.25) is 0 Å². The summed E-state index contributed by atoms with van der Waals surface area (Å²) < 4.78 is 15.8. The molecule has 0 bridgehead atoms. The number of methoxy groups -OCH3 is 2. The van der Waals surface area contributed by atoms with Gasteiger partial charge in [-0.1, -0.05) is 13.8 Å². The Balaban J connectivity index is 2.53. The fourth-order valence-corrected chi connectivity index (χ4v) is 3.39. The van der Waals surface area contributed by atoms with Gasteiger partial charge in [-0.3, -0.25) is 4.79 Å². The molecule has 0 radical (unpaired) electrons. The summed E-state index contributed by atoms with van der Waals surface area (Å²) in [6.45, 7) is 6.23. The highest BCUT2D eigenvalue weighted by molar-refractivity contribution is 5.77. The average Bonchev–Trinajstić information content (AvgIpc) is 2.78. The number of carbonyl (C=O) groups is 1. The lowest BCUT2D eigenvalue weighted by molar-refractivity contribution is -0.146. The van der Waals surface area contributed by atoms with Crippen LogP contribution in [0.1, 0.15) is 44.2 Å². The summed E-state index contributed by atoms with van der Waals surface area (Å²) in [6, 6.07) is 5.96. The van der Waals surface area contributed by atoms with Crippen molar-refractivity contribution in [3.63, 3.8) is 0 Å². The zero-order chi connectivity index (χ0) is 17.2. The van der Waals surface area contributed by atoms with E-state index in [0.29, 0.717) is 17.9 Å². The average molecular weight is 317 g/mol. The summed E-state index contributed by atoms with van der Waals surface area (Å²) in [5.41, 5.74) is 1.90. The van der Waals surface area contributed by atoms with Crippen LogP contribution in [0.3, 0.4) is 0 Å². The van der Waals surface area contributed by atoms with Crippen molar-refractivity contribution >= 4 is 5.97 Å². The van der Waals surface area contributed by atoms with Crippen LogP contribution in [0, 0.1) is 17.2 Å². The van der Waals surface area contributed by atoms with E-state index >= 15 is 0 Å². The van der Waals surface area contributed by atoms with E-state index in [0.717, 1.165) is 11.1 Å². The quantitative estimate of drug-likeness (QED) is 0.780. The predicted molar refractivity (Wildman–Crippen MR) is 85.7 cm³/mol. The first-order valence-corrected chi connectivity index (χ1v) is 7.72. The minimum absolute atomic E-state index is 0.152. The van der Waals surface area contributed by atoms with E-state index in [4.69, 9.17) is 14.2 Å². The molecule has 0 N–H and O–H groups in total. The van der Waals surface area contributed by atoms with Gasteiger partial charge in [-0.05, 0) is 42.0 Å². The molecular formula is C18H23NO4. The van der Waals surface area contributed by atoms with Crippen LogP contribution in [-0.2, 0) is 14.9 Å². The molecule has 0 spiro atoms. The summed E-state index contributed by atoms with van der Waals surface area (Å²) in [5, 5.41) is 9.50. The van der Waals surface area contributed by atoms with Gasteiger partial charge in [0.05, 0.1) is 26.9 Å². The Labute approximate surface area is 137 Å². The van der Waals surface area contributed by atoms with Gasteiger partial charge in [0.1, 0.15) is 0 Å². The van der Waals surface area contributed by atoms with E-state index in [2.05, 4.69) is 19.9 Å². The summed E-state index contributed by atoms with van der Waals surface area (Å²) in [7, 11) is 3.17. The van der Waals surface area contributed by atoms with Crippen LogP contribution < -0.4 is 9.47 Å². The van der Waals surface area contributed by atoms with Gasteiger partial charge in [0.25, 0.3) is 0 Å². The normalized spacial score (nSPS) is 19.4. The minimum Gasteiger partial charge on any atom is -0.493 e. The van der Waals surface area contributed by atoms with Crippen LogP contribution in [0.15, 0.2) is 12.1 Å². The maximum Gasteiger partial charge on any atom is 0.323 e. The zero-order valence-corrected chi connectivity index (χ0v) is 14.3. The van der Waals surface area contributed by atoms with E-state index in [1.165, 1.54) is 0 Å². The van der Waals surface area contributed by atoms with Crippen LogP contribution in [-0.4, -0.2) is 26.8 Å². The van der Waals surface area contributed by atoms with Crippen molar-refractivity contribution in [2.45, 2.75) is 38.5 Å². The third kappa shape index (κ3) is 2.98. The van der Waals surface area contributed by atoms with E-state index < -0.39 is 11.9 Å². The lowest BCUT2D eigenvalue weighted by atomic mass is 9.83. The summed E-state index contributed by atoms with van der Waals surface area (Å²) in [4.78, 5) is 12.2. The topological polar surface area (TPSA) is 68.6 Å². The molecule has 0 saturated carbocycles. The van der Waals surface area contributed by atoms with Crippen molar-refractivity contribution in [2.75, 3.05) is 20.8 Å². The Bertz CT molecular complexity index is 645. The Morgan fingerprint density at radius 1 is 1.35 bits per heavy atom. The number of fused-ring (bicyclic) bond motifs is 1. The van der Waals surface area contributed by atoms with Gasteiger partial charge < -0.3 is 14.2 Å². The van der Waals surface area contributed by atoms with Crippen LogP contribution in [0.4, 0.5) is 0 Å². The number of esters is 1. The molecule has 23 heavy (non-hydrogen) atoms. The summed E-state index contributed by atoms with van der Waals surface area (Å²) in [5.74, 6) is -0.213. The highest BCUT2D eigenvalue weighted by Crippen LogP contribution is 2.52. The molecule has 0 fully saturated rings. The first-order chi connectivity index (χ1) is 10.9. The molecule has 1 aromatic carbocycles. The van der Waals surface area contributed by atoms with Gasteiger partial charge >= 0.3 is 5.97 Å². The number of hydrogen-bond acceptors (Lipinski definition) is 5. The Morgan fingerprint density at radius 3 is 2.48 bits per heavy atom. The lowest BCUT2D eigenvalue weighted by Crippen LogP contribution is -2.23. The molecular weight excluding hydrogens is 294 g/mol. The van der Waals surface area contributed by atoms with Gasteiger partial charge in [-0.25, -0.2) is 0 Å². The largest absolute Gasteiger partial charge is 0.493 e. The Kier molecular flexibility index (Phi) is 4.84. The molecule has 5 nitrogen and oxygen atoms in total. The number of ether oxygens (including phenoxy) is 3. The smallest absolute Gasteiger partial charge is 0.323 e. The number of benzene rings is 1. The van der Waals surface area contributed by atoms with Crippen molar-refractivity contribution in [1.29, 1.82) is 5.26 Å². The van der Waals surface area contributed by atoms with Crippen molar-refractivity contribution in [1.82, 2.24) is 0 Å². The second-order valence-electron chi connectivity index (χ2n) is 6.35. The number of rotatable bonds is 5. The lowest BCUT2D eigenvalue weighted by Gasteiger charge is -2.20. The van der Waals surface area contributed by atoms with Crippen molar-refractivity contribution in [2.24, 2.45) is 5.92 Å². The molecule has 2 unspecified atom stereocenters. The molecule has 0 heterocycles. The zero-order valence-electron chi connectivity index (χ0n) is 14.3. The Hall–Kier alpha value is -2.22. The van der Waals surface area contributed by atoms with Crippen molar-refractivity contribution in [3.05, 3.63) is 23.3 Å². The molecule has 0 aliphatic heterocycles. The molecule has 1 aliphatic rings. The highest BCUT2D eigenvalue weighted by Gasteiger charge is 2.44. The van der Waals surface area contributed by atoms with E-state index in [9.17, 15) is 10.1 Å². The highest BCUT2D eigenvalue weighted by atomic mass is 16.5. The second-order valence-corrected chi connectivity index (χ2v) is 6.35. The Morgan fingerprint density at radius 2 is 1.96 bits per heavy atom. The fraction of sp³-hybridized carbons (Fsp3) is 0.556. The van der Waals surface area contributed by atoms with Gasteiger partial charge in [0, 0.05) is 5.92 Å². The number of nitrogens with zero attached hydrogens (tertiary/aromatic N) is 1. The second kappa shape index (κ2) is 6.49. The predicted octanol–water partition coefficient (Wildman–Crippen LogP) is 3.17. The van der Waals surface area contributed by atoms with E-state index in [1.807, 2.05) is 12.1 Å². The van der Waals surface area contributed by atoms with E-state index in [1.54, 1.807) is 21.1 Å². The minimum atomic E-state index is -0.812. The van der Waals surface area contributed by atoms with E-state index in [-0.39, 0.29) is 17.9 Å². The standard InChI is InChI=1S/C18H23NO4/c1-6-23-17(20)13(10-19)12-9-18(2,3)14-8-16(22-5)15(21-4)7-11(12)14/h7-8,12-13H,6,9H2,1-5H3. The molecule has 0 aromatic heterocycles. The molecule has 5 heteroatoms. The molecule has 2 rings (SSSR count). The number of nitriles is 1. The van der Waals surface area contributed by atoms with Crippen LogP contribution >= 0.6 is 0 Å². The number of hydrogen-bond donors (Lipinski definition) is 0. The van der Waals surface area contributed by atoms with Crippen molar-refractivity contribution in [3.8, 4) is 17.6 Å². The third-order valence-electron chi connectivity index (χ3n) is 4.50. The maximum atomic E-state index is 12.2. The van der Waals surface area contributed by atoms with Gasteiger partial charge in [0.15, 0.2) is 17.4 Å². The first-order valence-electron chi connectivity index (χ1n) is 7.72. The summed E-state index contributed by atoms with van der Waals surface area (Å²) in [6.07, 6.45) is 0.704.